The van der Waals surface area contributed by atoms with Crippen molar-refractivity contribution in [2.45, 2.75) is 31.7 Å². The summed E-state index contributed by atoms with van der Waals surface area (Å²) >= 11 is 1.36. The van der Waals surface area contributed by atoms with Gasteiger partial charge in [-0.1, -0.05) is 19.1 Å². The number of thiazole rings is 1. The number of hydrogen-bond acceptors (Lipinski definition) is 5. The summed E-state index contributed by atoms with van der Waals surface area (Å²) in [7, 11) is -1.77. The fourth-order valence-corrected chi connectivity index (χ4v) is 4.21. The molecule has 0 unspecified atom stereocenters. The third-order valence-corrected chi connectivity index (χ3v) is 5.43. The highest BCUT2D eigenvalue weighted by Crippen LogP contribution is 2.25. The summed E-state index contributed by atoms with van der Waals surface area (Å²) in [4.78, 5) is 5.61. The predicted octanol–water partition coefficient (Wildman–Crippen LogP) is 2.53. The molecule has 0 fully saturated rings. The molecule has 0 radical (unpaired) electrons. The normalized spacial score (nSPS) is 11.6. The molecule has 0 spiro atoms. The molecule has 1 heterocycles. The number of rotatable bonds is 6. The van der Waals surface area contributed by atoms with E-state index in [4.69, 9.17) is 0 Å². The van der Waals surface area contributed by atoms with E-state index in [1.54, 1.807) is 18.2 Å². The van der Waals surface area contributed by atoms with E-state index in [0.29, 0.717) is 11.7 Å². The summed E-state index contributed by atoms with van der Waals surface area (Å²) < 4.78 is 27.4. The average Bonchev–Trinajstić information content (AvgIpc) is 2.78. The average molecular weight is 325 g/mol. The van der Waals surface area contributed by atoms with Gasteiger partial charge in [-0.3, -0.25) is 4.72 Å². The lowest BCUT2D eigenvalue weighted by Gasteiger charge is -2.07. The number of anilines is 1. The summed E-state index contributed by atoms with van der Waals surface area (Å²) in [6, 6.07) is 6.88. The maximum absolute atomic E-state index is 12.4. The molecule has 0 saturated carbocycles. The number of nitrogens with one attached hydrogen (secondary N) is 2. The van der Waals surface area contributed by atoms with Gasteiger partial charge < -0.3 is 5.32 Å². The van der Waals surface area contributed by atoms with Crippen molar-refractivity contribution in [3.63, 3.8) is 0 Å². The van der Waals surface area contributed by atoms with Gasteiger partial charge in [-0.2, -0.15) is 0 Å². The highest BCUT2D eigenvalue weighted by molar-refractivity contribution is 7.93. The van der Waals surface area contributed by atoms with E-state index in [0.717, 1.165) is 22.6 Å². The van der Waals surface area contributed by atoms with Gasteiger partial charge in [-0.05, 0) is 38.1 Å². The number of benzene rings is 1. The highest BCUT2D eigenvalue weighted by Gasteiger charge is 2.17. The number of hydrogen-bond donors (Lipinski definition) is 2. The topological polar surface area (TPSA) is 71.1 Å². The van der Waals surface area contributed by atoms with Crippen LogP contribution in [0.1, 0.15) is 23.1 Å². The Bertz CT molecular complexity index is 724. The predicted molar refractivity (Wildman–Crippen MR) is 86.2 cm³/mol. The van der Waals surface area contributed by atoms with Crippen molar-refractivity contribution in [2.24, 2.45) is 0 Å². The van der Waals surface area contributed by atoms with E-state index in [2.05, 4.69) is 15.0 Å². The molecule has 114 valence electrons. The van der Waals surface area contributed by atoms with E-state index < -0.39 is 10.0 Å². The first-order chi connectivity index (χ1) is 9.96. The molecule has 0 aliphatic heterocycles. The van der Waals surface area contributed by atoms with Crippen molar-refractivity contribution in [1.82, 2.24) is 10.3 Å². The number of aryl methyl sites for hydroxylation is 2. The van der Waals surface area contributed by atoms with Gasteiger partial charge in [-0.15, -0.1) is 11.3 Å². The van der Waals surface area contributed by atoms with Crippen molar-refractivity contribution in [1.29, 1.82) is 0 Å². The molecule has 1 aromatic heterocycles. The van der Waals surface area contributed by atoms with Gasteiger partial charge in [0, 0.05) is 11.4 Å². The zero-order valence-electron chi connectivity index (χ0n) is 12.3. The van der Waals surface area contributed by atoms with Gasteiger partial charge in [0.2, 0.25) is 0 Å². The molecule has 0 amide bonds. The standard InChI is InChI=1S/C14H19N3O2S2/c1-4-13-10(2)20-14(16-13)17-21(18,19)12-7-5-6-11(8-12)9-15-3/h5-8,15H,4,9H2,1-3H3,(H,16,17). The molecule has 0 bridgehead atoms. The van der Waals surface area contributed by atoms with Gasteiger partial charge in [0.25, 0.3) is 10.0 Å². The Morgan fingerprint density at radius 2 is 2.10 bits per heavy atom. The molecule has 0 aliphatic carbocycles. The molecule has 0 aliphatic rings. The van der Waals surface area contributed by atoms with Crippen LogP contribution in [0.4, 0.5) is 5.13 Å². The Hall–Kier alpha value is -1.44. The third-order valence-electron chi connectivity index (χ3n) is 3.04. The second kappa shape index (κ2) is 6.55. The molecule has 7 heteroatoms. The molecule has 21 heavy (non-hydrogen) atoms. The van der Waals surface area contributed by atoms with Crippen molar-refractivity contribution in [3.8, 4) is 0 Å². The summed E-state index contributed by atoms with van der Waals surface area (Å²) in [5.74, 6) is 0. The van der Waals surface area contributed by atoms with Crippen molar-refractivity contribution in [3.05, 3.63) is 40.4 Å². The van der Waals surface area contributed by atoms with Gasteiger partial charge in [0.15, 0.2) is 5.13 Å². The van der Waals surface area contributed by atoms with Crippen LogP contribution in [-0.4, -0.2) is 20.4 Å². The summed E-state index contributed by atoms with van der Waals surface area (Å²) in [6.07, 6.45) is 0.793. The first-order valence-electron chi connectivity index (χ1n) is 6.69. The van der Waals surface area contributed by atoms with E-state index in [1.165, 1.54) is 11.3 Å². The molecular weight excluding hydrogens is 306 g/mol. The molecule has 2 rings (SSSR count). The van der Waals surface area contributed by atoms with E-state index >= 15 is 0 Å². The quantitative estimate of drug-likeness (QED) is 0.856. The zero-order chi connectivity index (χ0) is 15.5. The number of sulfonamides is 1. The van der Waals surface area contributed by atoms with E-state index in [-0.39, 0.29) is 4.90 Å². The van der Waals surface area contributed by atoms with Crippen LogP contribution in [0.3, 0.4) is 0 Å². The minimum Gasteiger partial charge on any atom is -0.316 e. The Labute approximate surface area is 129 Å². The molecule has 0 atom stereocenters. The van der Waals surface area contributed by atoms with Crippen molar-refractivity contribution < 1.29 is 8.42 Å². The van der Waals surface area contributed by atoms with Crippen LogP contribution in [0, 0.1) is 6.92 Å². The largest absolute Gasteiger partial charge is 0.316 e. The fourth-order valence-electron chi connectivity index (χ4n) is 2.00. The van der Waals surface area contributed by atoms with Crippen LogP contribution in [0.5, 0.6) is 0 Å². The minimum atomic E-state index is -3.60. The third kappa shape index (κ3) is 3.81. The van der Waals surface area contributed by atoms with Crippen molar-refractivity contribution in [2.75, 3.05) is 11.8 Å². The first kappa shape index (κ1) is 15.9. The van der Waals surface area contributed by atoms with Crippen molar-refractivity contribution >= 4 is 26.5 Å². The first-order valence-corrected chi connectivity index (χ1v) is 8.99. The van der Waals surface area contributed by atoms with Gasteiger partial charge >= 0.3 is 0 Å². The Balaban J connectivity index is 2.27. The Morgan fingerprint density at radius 1 is 1.33 bits per heavy atom. The summed E-state index contributed by atoms with van der Waals surface area (Å²) in [5, 5.41) is 3.43. The molecule has 2 N–H and O–H groups in total. The fraction of sp³-hybridized carbons (Fsp3) is 0.357. The molecule has 5 nitrogen and oxygen atoms in total. The molecule has 0 saturated heterocycles. The van der Waals surface area contributed by atoms with Gasteiger partial charge in [0.05, 0.1) is 10.6 Å². The monoisotopic (exact) mass is 325 g/mol. The van der Waals surface area contributed by atoms with E-state index in [1.807, 2.05) is 27.0 Å². The van der Waals surface area contributed by atoms with Crippen LogP contribution < -0.4 is 10.0 Å². The number of aromatic nitrogens is 1. The molecule has 2 aromatic rings. The Morgan fingerprint density at radius 3 is 2.71 bits per heavy atom. The van der Waals surface area contributed by atoms with Gasteiger partial charge in [0.1, 0.15) is 0 Å². The smallest absolute Gasteiger partial charge is 0.263 e. The summed E-state index contributed by atoms with van der Waals surface area (Å²) in [5.41, 5.74) is 1.85. The van der Waals surface area contributed by atoms with E-state index in [9.17, 15) is 8.42 Å². The lowest BCUT2D eigenvalue weighted by Crippen LogP contribution is -2.14. The van der Waals surface area contributed by atoms with Gasteiger partial charge in [-0.25, -0.2) is 13.4 Å². The second-order valence-corrected chi connectivity index (χ2v) is 7.54. The lowest BCUT2D eigenvalue weighted by molar-refractivity contribution is 0.601. The van der Waals surface area contributed by atoms with Crippen LogP contribution in [0.15, 0.2) is 29.2 Å². The van der Waals surface area contributed by atoms with Crippen LogP contribution >= 0.6 is 11.3 Å². The maximum Gasteiger partial charge on any atom is 0.263 e. The Kier molecular flexibility index (Phi) is 4.97. The van der Waals surface area contributed by atoms with Crippen LogP contribution in [0.2, 0.25) is 0 Å². The SMILES string of the molecule is CCc1nc(NS(=O)(=O)c2cccc(CNC)c2)sc1C. The lowest BCUT2D eigenvalue weighted by atomic mass is 10.2. The van der Waals surface area contributed by atoms with Crippen LogP contribution in [0.25, 0.3) is 0 Å². The number of nitrogens with zero attached hydrogens (tertiary/aromatic N) is 1. The molecule has 1 aromatic carbocycles. The maximum atomic E-state index is 12.4. The second-order valence-electron chi connectivity index (χ2n) is 4.66. The zero-order valence-corrected chi connectivity index (χ0v) is 13.9. The highest BCUT2D eigenvalue weighted by atomic mass is 32.2. The summed E-state index contributed by atoms with van der Waals surface area (Å²) in [6.45, 7) is 4.57. The van der Waals surface area contributed by atoms with Crippen LogP contribution in [-0.2, 0) is 23.0 Å². The minimum absolute atomic E-state index is 0.251. The molecular formula is C14H19N3O2S2.